The highest BCUT2D eigenvalue weighted by molar-refractivity contribution is 5.99. The molecule has 4 nitrogen and oxygen atoms in total. The van der Waals surface area contributed by atoms with E-state index in [1.165, 1.54) is 0 Å². The van der Waals surface area contributed by atoms with E-state index in [9.17, 15) is 31.1 Å². The van der Waals surface area contributed by atoms with Crippen LogP contribution >= 0.6 is 0 Å². The van der Waals surface area contributed by atoms with Gasteiger partial charge in [-0.15, -0.1) is 0 Å². The molecule has 0 spiro atoms. The Morgan fingerprint density at radius 1 is 1.00 bits per heavy atom. The van der Waals surface area contributed by atoms with Crippen LogP contribution in [0.5, 0.6) is 0 Å². The van der Waals surface area contributed by atoms with Crippen molar-refractivity contribution in [3.05, 3.63) is 41.2 Å². The molecule has 118 valence electrons. The fraction of sp³-hybridized carbons (Fsp3) is 0.167. The molecule has 0 unspecified atom stereocenters. The zero-order valence-electron chi connectivity index (χ0n) is 10.4. The van der Waals surface area contributed by atoms with Crippen LogP contribution in [0.25, 0.3) is 11.3 Å². The first-order valence-corrected chi connectivity index (χ1v) is 5.56. The van der Waals surface area contributed by atoms with E-state index in [4.69, 9.17) is 5.73 Å². The maximum absolute atomic E-state index is 12.7. The first kappa shape index (κ1) is 15.9. The third-order valence-electron chi connectivity index (χ3n) is 2.68. The highest BCUT2D eigenvalue weighted by Gasteiger charge is 2.42. The molecular formula is C12H6F6N2O2. The molecule has 0 aliphatic heterocycles. The van der Waals surface area contributed by atoms with Gasteiger partial charge in [-0.2, -0.15) is 26.3 Å². The van der Waals surface area contributed by atoms with Crippen molar-refractivity contribution >= 4 is 5.91 Å². The molecule has 0 fully saturated rings. The van der Waals surface area contributed by atoms with Crippen LogP contribution in [-0.2, 0) is 12.4 Å². The van der Waals surface area contributed by atoms with Crippen molar-refractivity contribution < 1.29 is 35.7 Å². The number of primary amides is 1. The Hall–Kier alpha value is -2.52. The zero-order valence-corrected chi connectivity index (χ0v) is 10.4. The van der Waals surface area contributed by atoms with Crippen LogP contribution in [0.4, 0.5) is 26.3 Å². The monoisotopic (exact) mass is 324 g/mol. The number of benzene rings is 1. The van der Waals surface area contributed by atoms with Crippen LogP contribution in [0.1, 0.15) is 21.7 Å². The molecule has 2 N–H and O–H groups in total. The smallest absolute Gasteiger partial charge is 0.365 e. The van der Waals surface area contributed by atoms with Crippen LogP contribution in [0, 0.1) is 0 Å². The minimum absolute atomic E-state index is 0.166. The van der Waals surface area contributed by atoms with Gasteiger partial charge in [-0.1, -0.05) is 17.3 Å². The molecule has 22 heavy (non-hydrogen) atoms. The summed E-state index contributed by atoms with van der Waals surface area (Å²) < 4.78 is 79.4. The SMILES string of the molecule is NC(=O)c1c(-c2ccc(C(F)(F)F)cc2)noc1C(F)(F)F. The second kappa shape index (κ2) is 5.04. The Morgan fingerprint density at radius 2 is 1.55 bits per heavy atom. The predicted octanol–water partition coefficient (Wildman–Crippen LogP) is 3.48. The van der Waals surface area contributed by atoms with E-state index in [1.807, 2.05) is 0 Å². The number of amides is 1. The fourth-order valence-electron chi connectivity index (χ4n) is 1.73. The quantitative estimate of drug-likeness (QED) is 0.860. The van der Waals surface area contributed by atoms with Crippen LogP contribution < -0.4 is 5.73 Å². The number of carbonyl (C=O) groups is 1. The topological polar surface area (TPSA) is 69.1 Å². The molecule has 10 heteroatoms. The molecule has 1 heterocycles. The number of hydrogen-bond donors (Lipinski definition) is 1. The number of nitrogens with zero attached hydrogens (tertiary/aromatic N) is 1. The first-order chi connectivity index (χ1) is 10.0. The lowest BCUT2D eigenvalue weighted by atomic mass is 10.0. The number of halogens is 6. The van der Waals surface area contributed by atoms with Gasteiger partial charge in [0.05, 0.1) is 5.56 Å². The molecule has 1 amide bonds. The van der Waals surface area contributed by atoms with Crippen molar-refractivity contribution in [2.75, 3.05) is 0 Å². The summed E-state index contributed by atoms with van der Waals surface area (Å²) in [6, 6.07) is 3.02. The Kier molecular flexibility index (Phi) is 3.63. The standard InChI is InChI=1S/C12H6F6N2O2/c13-11(14,15)6-3-1-5(2-4-6)8-7(10(19)21)9(22-20-8)12(16,17)18/h1-4H,(H2,19,21). The molecule has 1 aromatic heterocycles. The molecule has 0 saturated heterocycles. The van der Waals surface area contributed by atoms with Gasteiger partial charge in [0.2, 0.25) is 0 Å². The van der Waals surface area contributed by atoms with Gasteiger partial charge in [0.25, 0.3) is 11.7 Å². The number of carbonyl (C=O) groups excluding carboxylic acids is 1. The molecule has 0 saturated carbocycles. The Bertz CT molecular complexity index is 700. The van der Waals surface area contributed by atoms with E-state index in [1.54, 1.807) is 0 Å². The normalized spacial score (nSPS) is 12.5. The van der Waals surface area contributed by atoms with Crippen molar-refractivity contribution in [3.8, 4) is 11.3 Å². The molecule has 1 aromatic carbocycles. The summed E-state index contributed by atoms with van der Waals surface area (Å²) in [5.74, 6) is -3.15. The predicted molar refractivity (Wildman–Crippen MR) is 60.5 cm³/mol. The largest absolute Gasteiger partial charge is 0.453 e. The Labute approximate surface area is 118 Å². The number of aromatic nitrogens is 1. The van der Waals surface area contributed by atoms with Gasteiger partial charge in [0, 0.05) is 5.56 Å². The lowest BCUT2D eigenvalue weighted by molar-refractivity contribution is -0.155. The second-order valence-electron chi connectivity index (χ2n) is 4.17. The average molecular weight is 324 g/mol. The molecule has 0 aliphatic carbocycles. The van der Waals surface area contributed by atoms with Gasteiger partial charge in [-0.3, -0.25) is 4.79 Å². The number of alkyl halides is 6. The van der Waals surface area contributed by atoms with E-state index in [0.29, 0.717) is 12.1 Å². The summed E-state index contributed by atoms with van der Waals surface area (Å²) in [6.45, 7) is 0. The summed E-state index contributed by atoms with van der Waals surface area (Å²) >= 11 is 0. The van der Waals surface area contributed by atoms with Gasteiger partial charge >= 0.3 is 12.4 Å². The first-order valence-electron chi connectivity index (χ1n) is 5.56. The third-order valence-corrected chi connectivity index (χ3v) is 2.68. The molecule has 0 bridgehead atoms. The van der Waals surface area contributed by atoms with Gasteiger partial charge < -0.3 is 10.3 Å². The van der Waals surface area contributed by atoms with Gasteiger partial charge in [0.15, 0.2) is 0 Å². The lowest BCUT2D eigenvalue weighted by Crippen LogP contribution is -2.17. The summed E-state index contributed by atoms with van der Waals surface area (Å²) in [4.78, 5) is 11.2. The van der Waals surface area contributed by atoms with Crippen LogP contribution in [0.2, 0.25) is 0 Å². The van der Waals surface area contributed by atoms with E-state index >= 15 is 0 Å². The minimum Gasteiger partial charge on any atom is -0.365 e. The lowest BCUT2D eigenvalue weighted by Gasteiger charge is -2.07. The zero-order chi connectivity index (χ0) is 16.7. The van der Waals surface area contributed by atoms with E-state index < -0.39 is 40.8 Å². The van der Waals surface area contributed by atoms with Crippen molar-refractivity contribution in [1.29, 1.82) is 0 Å². The van der Waals surface area contributed by atoms with Crippen molar-refractivity contribution in [2.24, 2.45) is 5.73 Å². The van der Waals surface area contributed by atoms with Crippen LogP contribution in [0.15, 0.2) is 28.8 Å². The van der Waals surface area contributed by atoms with Gasteiger partial charge in [0.1, 0.15) is 11.3 Å². The van der Waals surface area contributed by atoms with E-state index in [-0.39, 0.29) is 5.56 Å². The molecule has 0 atom stereocenters. The summed E-state index contributed by atoms with van der Waals surface area (Å²) in [7, 11) is 0. The molecule has 0 aliphatic rings. The van der Waals surface area contributed by atoms with E-state index in [0.717, 1.165) is 12.1 Å². The van der Waals surface area contributed by atoms with Crippen molar-refractivity contribution in [3.63, 3.8) is 0 Å². The van der Waals surface area contributed by atoms with Crippen LogP contribution in [-0.4, -0.2) is 11.1 Å². The maximum atomic E-state index is 12.7. The molecular weight excluding hydrogens is 318 g/mol. The van der Waals surface area contributed by atoms with Gasteiger partial charge in [-0.25, -0.2) is 0 Å². The average Bonchev–Trinajstić information content (AvgIpc) is 2.82. The fourth-order valence-corrected chi connectivity index (χ4v) is 1.73. The molecule has 0 radical (unpaired) electrons. The summed E-state index contributed by atoms with van der Waals surface area (Å²) in [5.41, 5.74) is 2.09. The van der Waals surface area contributed by atoms with E-state index in [2.05, 4.69) is 9.68 Å². The number of hydrogen-bond acceptors (Lipinski definition) is 3. The molecule has 2 aromatic rings. The number of nitrogens with two attached hydrogens (primary N) is 1. The number of rotatable bonds is 2. The third kappa shape index (κ3) is 2.90. The highest BCUT2D eigenvalue weighted by atomic mass is 19.4. The second-order valence-corrected chi connectivity index (χ2v) is 4.17. The van der Waals surface area contributed by atoms with Crippen LogP contribution in [0.3, 0.4) is 0 Å². The molecule has 2 rings (SSSR count). The Morgan fingerprint density at radius 3 is 1.95 bits per heavy atom. The maximum Gasteiger partial charge on any atom is 0.453 e. The van der Waals surface area contributed by atoms with Crippen molar-refractivity contribution in [2.45, 2.75) is 12.4 Å². The summed E-state index contributed by atoms with van der Waals surface area (Å²) in [6.07, 6.45) is -9.62. The highest BCUT2D eigenvalue weighted by Crippen LogP contribution is 2.37. The Balaban J connectivity index is 2.54. The van der Waals surface area contributed by atoms with Crippen molar-refractivity contribution in [1.82, 2.24) is 5.16 Å². The minimum atomic E-state index is -5.01. The van der Waals surface area contributed by atoms with Gasteiger partial charge in [-0.05, 0) is 12.1 Å². The summed E-state index contributed by atoms with van der Waals surface area (Å²) in [5, 5.41) is 3.09.